The van der Waals surface area contributed by atoms with E-state index in [9.17, 15) is 4.39 Å². The van der Waals surface area contributed by atoms with Gasteiger partial charge in [-0.1, -0.05) is 6.92 Å². The number of hydrogen-bond acceptors (Lipinski definition) is 4. The van der Waals surface area contributed by atoms with Gasteiger partial charge in [0.05, 0.1) is 17.5 Å². The third-order valence-corrected chi connectivity index (χ3v) is 4.98. The zero-order valence-corrected chi connectivity index (χ0v) is 13.3. The highest BCUT2D eigenvalue weighted by atomic mass is 32.2. The first-order valence-corrected chi connectivity index (χ1v) is 8.09. The topological polar surface area (TPSA) is 38.5 Å². The van der Waals surface area contributed by atoms with E-state index in [2.05, 4.69) is 18.7 Å². The maximum atomic E-state index is 13.9. The first-order valence-electron chi connectivity index (χ1n) is 7.04. The fourth-order valence-corrected chi connectivity index (χ4v) is 3.52. The molecule has 2 rings (SSSR count). The molecular weight excluding hydrogens is 275 g/mol. The van der Waals surface area contributed by atoms with Crippen molar-refractivity contribution in [2.24, 2.45) is 0 Å². The molecule has 2 unspecified atom stereocenters. The van der Waals surface area contributed by atoms with Crippen LogP contribution in [0.25, 0.3) is 0 Å². The number of nitrogens with two attached hydrogens (primary N) is 1. The minimum absolute atomic E-state index is 0.0609. The number of thioether (sulfide) groups is 1. The van der Waals surface area contributed by atoms with Crippen LogP contribution >= 0.6 is 11.8 Å². The van der Waals surface area contributed by atoms with Gasteiger partial charge in [0.25, 0.3) is 0 Å². The van der Waals surface area contributed by atoms with Gasteiger partial charge in [-0.05, 0) is 20.8 Å². The van der Waals surface area contributed by atoms with Gasteiger partial charge in [-0.25, -0.2) is 4.39 Å². The summed E-state index contributed by atoms with van der Waals surface area (Å²) in [7, 11) is 0. The molecule has 0 radical (unpaired) electrons. The summed E-state index contributed by atoms with van der Waals surface area (Å²) in [5.74, 6) is 0.942. The molecule has 1 fully saturated rings. The molecule has 3 nitrogen and oxygen atoms in total. The second-order valence-corrected chi connectivity index (χ2v) is 7.00. The zero-order chi connectivity index (χ0) is 14.9. The Labute approximate surface area is 124 Å². The molecule has 0 bridgehead atoms. The number of halogens is 1. The highest BCUT2D eigenvalue weighted by Gasteiger charge is 2.27. The van der Waals surface area contributed by atoms with Crippen LogP contribution in [0.1, 0.15) is 27.7 Å². The first kappa shape index (κ1) is 15.3. The van der Waals surface area contributed by atoms with Crippen molar-refractivity contribution >= 4 is 23.1 Å². The maximum Gasteiger partial charge on any atom is 0.167 e. The Bertz CT molecular complexity index is 481. The molecule has 1 heterocycles. The second kappa shape index (κ2) is 6.12. The van der Waals surface area contributed by atoms with E-state index < -0.39 is 5.82 Å². The van der Waals surface area contributed by atoms with Crippen molar-refractivity contribution in [2.45, 2.75) is 45.1 Å². The Balaban J connectivity index is 2.35. The van der Waals surface area contributed by atoms with Crippen molar-refractivity contribution in [3.63, 3.8) is 0 Å². The molecule has 2 N–H and O–H groups in total. The molecule has 0 spiro atoms. The number of anilines is 2. The number of rotatable bonds is 3. The third-order valence-electron chi connectivity index (χ3n) is 3.64. The average Bonchev–Trinajstić information content (AvgIpc) is 2.36. The van der Waals surface area contributed by atoms with E-state index in [1.807, 2.05) is 25.6 Å². The Hall–Kier alpha value is -1.10. The highest BCUT2D eigenvalue weighted by molar-refractivity contribution is 8.00. The van der Waals surface area contributed by atoms with Crippen LogP contribution in [0.5, 0.6) is 5.75 Å². The normalized spacial score (nSPS) is 23.2. The molecule has 1 aromatic rings. The lowest BCUT2D eigenvalue weighted by Gasteiger charge is -2.39. The molecule has 0 saturated carbocycles. The fourth-order valence-electron chi connectivity index (χ4n) is 2.42. The van der Waals surface area contributed by atoms with Crippen molar-refractivity contribution in [3.8, 4) is 5.75 Å². The molecule has 0 aliphatic carbocycles. The number of hydrogen-bond donors (Lipinski definition) is 1. The third kappa shape index (κ3) is 3.14. The van der Waals surface area contributed by atoms with Crippen LogP contribution in [0, 0.1) is 5.82 Å². The van der Waals surface area contributed by atoms with E-state index >= 15 is 0 Å². The van der Waals surface area contributed by atoms with E-state index in [1.165, 1.54) is 6.07 Å². The molecule has 112 valence electrons. The van der Waals surface area contributed by atoms with Crippen molar-refractivity contribution in [2.75, 3.05) is 22.9 Å². The molecule has 20 heavy (non-hydrogen) atoms. The summed E-state index contributed by atoms with van der Waals surface area (Å²) >= 11 is 1.96. The molecule has 1 aliphatic heterocycles. The average molecular weight is 298 g/mol. The minimum atomic E-state index is -0.396. The fraction of sp³-hybridized carbons (Fsp3) is 0.600. The van der Waals surface area contributed by atoms with Crippen molar-refractivity contribution < 1.29 is 9.13 Å². The van der Waals surface area contributed by atoms with Gasteiger partial charge in [-0.2, -0.15) is 11.8 Å². The Morgan fingerprint density at radius 1 is 1.40 bits per heavy atom. The van der Waals surface area contributed by atoms with Gasteiger partial charge in [-0.15, -0.1) is 0 Å². The van der Waals surface area contributed by atoms with E-state index in [0.29, 0.717) is 17.0 Å². The van der Waals surface area contributed by atoms with Gasteiger partial charge in [0.1, 0.15) is 0 Å². The summed E-state index contributed by atoms with van der Waals surface area (Å²) in [6, 6.07) is 3.48. The zero-order valence-electron chi connectivity index (χ0n) is 12.5. The van der Waals surface area contributed by atoms with E-state index in [-0.39, 0.29) is 11.9 Å². The quantitative estimate of drug-likeness (QED) is 0.867. The van der Waals surface area contributed by atoms with Crippen LogP contribution in [-0.2, 0) is 0 Å². The number of benzene rings is 1. The van der Waals surface area contributed by atoms with Crippen molar-refractivity contribution in [1.29, 1.82) is 0 Å². The number of nitrogens with zero attached hydrogens (tertiary/aromatic N) is 1. The van der Waals surface area contributed by atoms with Gasteiger partial charge in [-0.3, -0.25) is 0 Å². The summed E-state index contributed by atoms with van der Waals surface area (Å²) in [6.45, 7) is 9.10. The van der Waals surface area contributed by atoms with Crippen LogP contribution in [0.3, 0.4) is 0 Å². The smallest absolute Gasteiger partial charge is 0.167 e. The van der Waals surface area contributed by atoms with E-state index in [1.54, 1.807) is 6.07 Å². The minimum Gasteiger partial charge on any atom is -0.488 e. The van der Waals surface area contributed by atoms with Crippen LogP contribution in [0.4, 0.5) is 15.8 Å². The standard InChI is InChI=1S/C15H23FN2OS/c1-9(2)19-15-8-14(13(17)7-12(15)16)18-5-6-20-11(4)10(18)3/h7-11H,5-6,17H2,1-4H3. The summed E-state index contributed by atoms with van der Waals surface area (Å²) in [4.78, 5) is 2.25. The van der Waals surface area contributed by atoms with Crippen molar-refractivity contribution in [3.05, 3.63) is 17.9 Å². The van der Waals surface area contributed by atoms with Crippen LogP contribution in [0.2, 0.25) is 0 Å². The maximum absolute atomic E-state index is 13.9. The summed E-state index contributed by atoms with van der Waals surface area (Å²) in [5.41, 5.74) is 7.37. The summed E-state index contributed by atoms with van der Waals surface area (Å²) in [6.07, 6.45) is -0.0609. The Morgan fingerprint density at radius 2 is 2.10 bits per heavy atom. The molecule has 1 aromatic carbocycles. The predicted octanol–water partition coefficient (Wildman–Crippen LogP) is 3.53. The predicted molar refractivity (Wildman–Crippen MR) is 85.3 cm³/mol. The lowest BCUT2D eigenvalue weighted by Crippen LogP contribution is -2.45. The van der Waals surface area contributed by atoms with Gasteiger partial charge >= 0.3 is 0 Å². The summed E-state index contributed by atoms with van der Waals surface area (Å²) in [5, 5.41) is 0.530. The van der Waals surface area contributed by atoms with Gasteiger partial charge < -0.3 is 15.4 Å². The number of nitrogen functional groups attached to an aromatic ring is 1. The first-order chi connectivity index (χ1) is 9.40. The SMILES string of the molecule is CC(C)Oc1cc(N2CCSC(C)C2C)c(N)cc1F. The Morgan fingerprint density at radius 3 is 2.75 bits per heavy atom. The molecule has 0 amide bonds. The molecule has 1 saturated heterocycles. The molecule has 2 atom stereocenters. The molecular formula is C15H23FN2OS. The van der Waals surface area contributed by atoms with Crippen LogP contribution in [0.15, 0.2) is 12.1 Å². The van der Waals surface area contributed by atoms with Gasteiger partial charge in [0, 0.05) is 35.7 Å². The van der Waals surface area contributed by atoms with Crippen molar-refractivity contribution in [1.82, 2.24) is 0 Å². The molecule has 1 aliphatic rings. The lowest BCUT2D eigenvalue weighted by atomic mass is 10.1. The largest absolute Gasteiger partial charge is 0.488 e. The molecule has 5 heteroatoms. The summed E-state index contributed by atoms with van der Waals surface area (Å²) < 4.78 is 19.4. The van der Waals surface area contributed by atoms with Gasteiger partial charge in [0.15, 0.2) is 11.6 Å². The Kier molecular flexibility index (Phi) is 4.68. The van der Waals surface area contributed by atoms with E-state index in [0.717, 1.165) is 18.0 Å². The monoisotopic (exact) mass is 298 g/mol. The van der Waals surface area contributed by atoms with Gasteiger partial charge in [0.2, 0.25) is 0 Å². The molecule has 0 aromatic heterocycles. The van der Waals surface area contributed by atoms with E-state index in [4.69, 9.17) is 10.5 Å². The second-order valence-electron chi connectivity index (χ2n) is 5.52. The van der Waals surface area contributed by atoms with Crippen LogP contribution in [-0.4, -0.2) is 29.7 Å². The lowest BCUT2D eigenvalue weighted by molar-refractivity contribution is 0.231. The van der Waals surface area contributed by atoms with Crippen LogP contribution < -0.4 is 15.4 Å². The number of ether oxygens (including phenoxy) is 1. The highest BCUT2D eigenvalue weighted by Crippen LogP contribution is 2.36.